The van der Waals surface area contributed by atoms with Gasteiger partial charge in [-0.05, 0) is 37.5 Å². The zero-order valence-corrected chi connectivity index (χ0v) is 9.99. The van der Waals surface area contributed by atoms with Crippen LogP contribution in [0.4, 0.5) is 5.69 Å². The number of unbranched alkanes of at least 4 members (excludes halogenated alkanes) is 1. The summed E-state index contributed by atoms with van der Waals surface area (Å²) in [5, 5.41) is 3.05. The topological polar surface area (TPSA) is 55.1 Å². The third-order valence-corrected chi connectivity index (χ3v) is 2.58. The molecular formula is C13H20N2O. The summed E-state index contributed by atoms with van der Waals surface area (Å²) in [4.78, 5) is 10.9. The van der Waals surface area contributed by atoms with Crippen molar-refractivity contribution < 1.29 is 4.79 Å². The number of primary amides is 1. The smallest absolute Gasteiger partial charge is 0.239 e. The second-order valence-corrected chi connectivity index (χ2v) is 4.07. The van der Waals surface area contributed by atoms with Gasteiger partial charge in [-0.3, -0.25) is 4.79 Å². The number of nitrogens with two attached hydrogens (primary N) is 1. The van der Waals surface area contributed by atoms with Gasteiger partial charge in [0.25, 0.3) is 0 Å². The highest BCUT2D eigenvalue weighted by atomic mass is 16.1. The highest BCUT2D eigenvalue weighted by Crippen LogP contribution is 2.12. The molecule has 0 aliphatic carbocycles. The van der Waals surface area contributed by atoms with Crippen LogP contribution in [0.2, 0.25) is 0 Å². The van der Waals surface area contributed by atoms with Crippen LogP contribution in [0.3, 0.4) is 0 Å². The van der Waals surface area contributed by atoms with Gasteiger partial charge in [-0.1, -0.05) is 25.5 Å². The maximum absolute atomic E-state index is 10.9. The zero-order valence-electron chi connectivity index (χ0n) is 9.99. The van der Waals surface area contributed by atoms with Crippen LogP contribution in [0, 0.1) is 0 Å². The number of aryl methyl sites for hydroxylation is 1. The number of carbonyl (C=O) groups excluding carboxylic acids is 1. The second kappa shape index (κ2) is 6.16. The van der Waals surface area contributed by atoms with Gasteiger partial charge in [0.2, 0.25) is 5.91 Å². The van der Waals surface area contributed by atoms with Gasteiger partial charge < -0.3 is 11.1 Å². The van der Waals surface area contributed by atoms with Gasteiger partial charge in [-0.25, -0.2) is 0 Å². The fourth-order valence-corrected chi connectivity index (χ4v) is 1.47. The molecule has 1 aromatic rings. The van der Waals surface area contributed by atoms with Crippen molar-refractivity contribution in [2.45, 2.75) is 39.2 Å². The van der Waals surface area contributed by atoms with Crippen molar-refractivity contribution in [3.8, 4) is 0 Å². The molecule has 1 aromatic carbocycles. The van der Waals surface area contributed by atoms with Crippen LogP contribution in [0.1, 0.15) is 32.3 Å². The van der Waals surface area contributed by atoms with Gasteiger partial charge in [0, 0.05) is 5.69 Å². The molecule has 3 nitrogen and oxygen atoms in total. The Balaban J connectivity index is 2.54. The maximum atomic E-state index is 10.9. The Morgan fingerprint density at radius 2 is 2.00 bits per heavy atom. The van der Waals surface area contributed by atoms with E-state index in [-0.39, 0.29) is 11.9 Å². The fraction of sp³-hybridized carbons (Fsp3) is 0.462. The number of rotatable bonds is 6. The lowest BCUT2D eigenvalue weighted by Gasteiger charge is -2.11. The zero-order chi connectivity index (χ0) is 12.0. The minimum absolute atomic E-state index is 0.332. The normalized spacial score (nSPS) is 12.1. The summed E-state index contributed by atoms with van der Waals surface area (Å²) in [7, 11) is 0. The molecule has 0 heterocycles. The van der Waals surface area contributed by atoms with E-state index in [1.54, 1.807) is 6.92 Å². The summed E-state index contributed by atoms with van der Waals surface area (Å²) in [5.74, 6) is -0.338. The quantitative estimate of drug-likeness (QED) is 0.773. The molecule has 1 amide bonds. The summed E-state index contributed by atoms with van der Waals surface area (Å²) >= 11 is 0. The first-order chi connectivity index (χ1) is 7.63. The van der Waals surface area contributed by atoms with Crippen LogP contribution >= 0.6 is 0 Å². The lowest BCUT2D eigenvalue weighted by Crippen LogP contribution is -2.32. The van der Waals surface area contributed by atoms with Crippen molar-refractivity contribution in [1.82, 2.24) is 0 Å². The van der Waals surface area contributed by atoms with Gasteiger partial charge in [-0.15, -0.1) is 0 Å². The molecule has 0 saturated heterocycles. The van der Waals surface area contributed by atoms with Crippen LogP contribution in [0.5, 0.6) is 0 Å². The molecule has 0 aliphatic rings. The van der Waals surface area contributed by atoms with Gasteiger partial charge in [0.15, 0.2) is 0 Å². The van der Waals surface area contributed by atoms with E-state index in [4.69, 9.17) is 5.73 Å². The standard InChI is InChI=1S/C13H20N2O/c1-3-4-5-11-6-8-12(9-7-11)15-10(2)13(14)16/h6-10,15H,3-5H2,1-2H3,(H2,14,16). The Bertz CT molecular complexity index is 332. The molecule has 1 unspecified atom stereocenters. The van der Waals surface area contributed by atoms with Crippen LogP contribution in [0.15, 0.2) is 24.3 Å². The first-order valence-corrected chi connectivity index (χ1v) is 5.78. The molecule has 0 fully saturated rings. The van der Waals surface area contributed by atoms with E-state index in [2.05, 4.69) is 24.4 Å². The van der Waals surface area contributed by atoms with E-state index in [1.165, 1.54) is 18.4 Å². The number of anilines is 1. The number of amides is 1. The lowest BCUT2D eigenvalue weighted by atomic mass is 10.1. The Morgan fingerprint density at radius 1 is 1.38 bits per heavy atom. The van der Waals surface area contributed by atoms with Crippen LogP contribution in [-0.4, -0.2) is 11.9 Å². The largest absolute Gasteiger partial charge is 0.374 e. The van der Waals surface area contributed by atoms with Crippen LogP contribution < -0.4 is 11.1 Å². The molecule has 0 spiro atoms. The van der Waals surface area contributed by atoms with Crippen molar-refractivity contribution in [3.05, 3.63) is 29.8 Å². The minimum Gasteiger partial charge on any atom is -0.374 e. The highest BCUT2D eigenvalue weighted by Gasteiger charge is 2.07. The Morgan fingerprint density at radius 3 is 2.50 bits per heavy atom. The minimum atomic E-state index is -0.338. The predicted octanol–water partition coefficient (Wildman–Crippen LogP) is 2.31. The van der Waals surface area contributed by atoms with Crippen molar-refractivity contribution in [2.75, 3.05) is 5.32 Å². The van der Waals surface area contributed by atoms with E-state index in [0.29, 0.717) is 0 Å². The molecular weight excluding hydrogens is 200 g/mol. The molecule has 0 bridgehead atoms. The third-order valence-electron chi connectivity index (χ3n) is 2.58. The lowest BCUT2D eigenvalue weighted by molar-refractivity contribution is -0.118. The number of hydrogen-bond donors (Lipinski definition) is 2. The summed E-state index contributed by atoms with van der Waals surface area (Å²) < 4.78 is 0. The number of benzene rings is 1. The SMILES string of the molecule is CCCCc1ccc(NC(C)C(N)=O)cc1. The van der Waals surface area contributed by atoms with Gasteiger partial charge in [0.1, 0.15) is 6.04 Å². The van der Waals surface area contributed by atoms with E-state index >= 15 is 0 Å². The molecule has 0 aromatic heterocycles. The van der Waals surface area contributed by atoms with E-state index in [1.807, 2.05) is 12.1 Å². The Kier molecular flexibility index (Phi) is 4.83. The molecule has 0 saturated carbocycles. The average molecular weight is 220 g/mol. The number of hydrogen-bond acceptors (Lipinski definition) is 2. The molecule has 3 N–H and O–H groups in total. The molecule has 3 heteroatoms. The second-order valence-electron chi connectivity index (χ2n) is 4.07. The first-order valence-electron chi connectivity index (χ1n) is 5.78. The van der Waals surface area contributed by atoms with Crippen molar-refractivity contribution in [1.29, 1.82) is 0 Å². The molecule has 0 radical (unpaired) electrons. The molecule has 1 rings (SSSR count). The predicted molar refractivity (Wildman–Crippen MR) is 67.3 cm³/mol. The van der Waals surface area contributed by atoms with Crippen molar-refractivity contribution >= 4 is 11.6 Å². The summed E-state index contributed by atoms with van der Waals surface area (Å²) in [6.45, 7) is 3.94. The molecule has 0 aliphatic heterocycles. The number of carbonyl (C=O) groups is 1. The van der Waals surface area contributed by atoms with Crippen LogP contribution in [-0.2, 0) is 11.2 Å². The Hall–Kier alpha value is -1.51. The number of nitrogens with one attached hydrogen (secondary N) is 1. The highest BCUT2D eigenvalue weighted by molar-refractivity contribution is 5.82. The average Bonchev–Trinajstić information content (AvgIpc) is 2.28. The molecule has 88 valence electrons. The van der Waals surface area contributed by atoms with Gasteiger partial charge in [-0.2, -0.15) is 0 Å². The molecule has 16 heavy (non-hydrogen) atoms. The summed E-state index contributed by atoms with van der Waals surface area (Å²) in [6.07, 6.45) is 3.53. The van der Waals surface area contributed by atoms with E-state index in [9.17, 15) is 4.79 Å². The van der Waals surface area contributed by atoms with Gasteiger partial charge >= 0.3 is 0 Å². The first kappa shape index (κ1) is 12.6. The monoisotopic (exact) mass is 220 g/mol. The van der Waals surface area contributed by atoms with Gasteiger partial charge in [0.05, 0.1) is 0 Å². The Labute approximate surface area is 97.0 Å². The summed E-state index contributed by atoms with van der Waals surface area (Å²) in [6, 6.07) is 7.83. The van der Waals surface area contributed by atoms with E-state index in [0.717, 1.165) is 12.1 Å². The van der Waals surface area contributed by atoms with Crippen LogP contribution in [0.25, 0.3) is 0 Å². The third kappa shape index (κ3) is 3.93. The summed E-state index contributed by atoms with van der Waals surface area (Å²) in [5.41, 5.74) is 7.45. The molecule has 1 atom stereocenters. The van der Waals surface area contributed by atoms with Crippen molar-refractivity contribution in [3.63, 3.8) is 0 Å². The fourth-order valence-electron chi connectivity index (χ4n) is 1.47. The maximum Gasteiger partial charge on any atom is 0.239 e. The van der Waals surface area contributed by atoms with Crippen molar-refractivity contribution in [2.24, 2.45) is 5.73 Å². The van der Waals surface area contributed by atoms with E-state index < -0.39 is 0 Å².